The predicted molar refractivity (Wildman–Crippen MR) is 195 cm³/mol. The summed E-state index contributed by atoms with van der Waals surface area (Å²) in [7, 11) is 0. The number of carboxylic acid groups (broad SMARTS) is 1. The molecule has 5 rings (SSSR count). The highest BCUT2D eigenvalue weighted by molar-refractivity contribution is 7.94. The van der Waals surface area contributed by atoms with E-state index in [1.54, 1.807) is 78.9 Å². The number of nitrogens with zero attached hydrogens (tertiary/aromatic N) is 6. The molecule has 0 radical (unpaired) electrons. The smallest absolute Gasteiger partial charge is 0.305 e. The van der Waals surface area contributed by atoms with Crippen molar-refractivity contribution in [3.8, 4) is 5.75 Å². The Morgan fingerprint density at radius 3 is 1.89 bits per heavy atom. The topological polar surface area (TPSA) is 230 Å². The molecule has 0 aliphatic carbocycles. The molecule has 19 heteroatoms. The first-order chi connectivity index (χ1) is 25.7. The van der Waals surface area contributed by atoms with Crippen molar-refractivity contribution in [2.24, 2.45) is 30.7 Å². The van der Waals surface area contributed by atoms with E-state index in [0.29, 0.717) is 66.7 Å². The van der Waals surface area contributed by atoms with Crippen LogP contribution in [-0.2, 0) is 28.3 Å². The van der Waals surface area contributed by atoms with Crippen molar-refractivity contribution in [1.82, 2.24) is 0 Å². The summed E-state index contributed by atoms with van der Waals surface area (Å²) in [6.07, 6.45) is -0.112. The Morgan fingerprint density at radius 1 is 0.717 bits per heavy atom. The number of hydrogen-bond donors (Lipinski definition) is 5. The molecule has 0 fully saturated rings. The van der Waals surface area contributed by atoms with Crippen LogP contribution in [0.1, 0.15) is 17.5 Å². The molecule has 0 aromatic heterocycles. The van der Waals surface area contributed by atoms with Crippen molar-refractivity contribution in [2.45, 2.75) is 30.1 Å². The molecule has 0 atom stereocenters. The number of carbonyl (C=O) groups is 1. The Kier molecular flexibility index (Phi) is 14.3. The van der Waals surface area contributed by atoms with Crippen LogP contribution in [0.2, 0.25) is 0 Å². The Labute approximate surface area is 310 Å². The van der Waals surface area contributed by atoms with E-state index in [1.807, 2.05) is 19.9 Å². The van der Waals surface area contributed by atoms with Gasteiger partial charge in [-0.1, -0.05) is 10.1 Å². The van der Waals surface area contributed by atoms with Crippen molar-refractivity contribution in [2.75, 3.05) is 18.7 Å². The van der Waals surface area contributed by atoms with Gasteiger partial charge in [0, 0.05) is 16.0 Å². The van der Waals surface area contributed by atoms with Gasteiger partial charge in [-0.25, -0.2) is 10.5 Å². The van der Waals surface area contributed by atoms with Crippen LogP contribution < -0.4 is 5.32 Å². The number of aromatic hydroxyl groups is 1. The number of anilines is 1. The van der Waals surface area contributed by atoms with Gasteiger partial charge < -0.3 is 20.3 Å². The molecule has 0 amide bonds. The number of rotatable bonds is 18. The number of phenolic OH excluding ortho intramolecular Hbond substituents is 1. The molecular weight excluding hydrogens is 731 g/mol. The van der Waals surface area contributed by atoms with E-state index >= 15 is 0 Å². The average molecular weight is 762 g/mol. The van der Waals surface area contributed by atoms with Crippen molar-refractivity contribution >= 4 is 80.6 Å². The zero-order chi connectivity index (χ0) is 37.6. The largest absolute Gasteiger partial charge is 0.505 e. The maximum absolute atomic E-state index is 11.2. The number of ether oxygens (including phenoxy) is 1. The molecule has 274 valence electrons. The van der Waals surface area contributed by atoms with E-state index in [-0.39, 0.29) is 31.2 Å². The highest BCUT2D eigenvalue weighted by Gasteiger charge is 2.16. The Morgan fingerprint density at radius 2 is 1.28 bits per heavy atom. The molecule has 5 N–H and O–H groups in total. The Bertz CT molecular complexity index is 2120. The molecule has 5 aromatic rings. The van der Waals surface area contributed by atoms with Gasteiger partial charge in [-0.15, -0.1) is 13.8 Å². The summed E-state index contributed by atoms with van der Waals surface area (Å²) in [5.74, 6) is -1.13. The predicted octanol–water partition coefficient (Wildman–Crippen LogP) is 11.1. The molecule has 53 heavy (non-hydrogen) atoms. The summed E-state index contributed by atoms with van der Waals surface area (Å²) < 4.78 is 14.3. The molecule has 0 saturated carbocycles. The van der Waals surface area contributed by atoms with E-state index in [2.05, 4.69) is 54.7 Å². The summed E-state index contributed by atoms with van der Waals surface area (Å²) in [5.41, 5.74) is 5.25. The Hall–Kier alpha value is -5.35. The van der Waals surface area contributed by atoms with Gasteiger partial charge in [-0.05, 0) is 115 Å². The van der Waals surface area contributed by atoms with Crippen LogP contribution >= 0.6 is 24.1 Å². The molecule has 0 spiro atoms. The molecule has 0 bridgehead atoms. The summed E-state index contributed by atoms with van der Waals surface area (Å²) in [5, 5.41) is 74.4. The third kappa shape index (κ3) is 11.3. The van der Waals surface area contributed by atoms with Crippen molar-refractivity contribution in [1.29, 1.82) is 0 Å². The molecular formula is C34H31N7O10S2. The van der Waals surface area contributed by atoms with Crippen molar-refractivity contribution < 1.29 is 49.0 Å². The van der Waals surface area contributed by atoms with Crippen molar-refractivity contribution in [3.05, 3.63) is 96.1 Å². The minimum absolute atomic E-state index is 0.0561. The number of phenols is 1. The van der Waals surface area contributed by atoms with Gasteiger partial charge >= 0.3 is 5.97 Å². The van der Waals surface area contributed by atoms with Gasteiger partial charge in [-0.3, -0.25) is 4.79 Å². The lowest BCUT2D eigenvalue weighted by atomic mass is 10.1. The number of fused-ring (bicyclic) bond motifs is 1. The number of carboxylic acids is 1. The molecule has 0 saturated heterocycles. The maximum atomic E-state index is 11.2. The maximum Gasteiger partial charge on any atom is 0.305 e. The number of hydrogen-bond acceptors (Lipinski definition) is 18. The second-order valence-electron chi connectivity index (χ2n) is 10.9. The van der Waals surface area contributed by atoms with Gasteiger partial charge in [0.25, 0.3) is 0 Å². The first-order valence-corrected chi connectivity index (χ1v) is 16.9. The quantitative estimate of drug-likeness (QED) is 0.0140. The van der Waals surface area contributed by atoms with Crippen molar-refractivity contribution in [3.63, 3.8) is 0 Å². The van der Waals surface area contributed by atoms with Gasteiger partial charge in [-0.2, -0.15) is 25.6 Å². The average Bonchev–Trinajstić information content (AvgIpc) is 3.16. The van der Waals surface area contributed by atoms with Gasteiger partial charge in [0.15, 0.2) is 5.75 Å². The molecule has 0 aliphatic rings. The number of benzene rings is 5. The lowest BCUT2D eigenvalue weighted by Gasteiger charge is -2.12. The summed E-state index contributed by atoms with van der Waals surface area (Å²) >= 11 is 1.47. The van der Waals surface area contributed by atoms with Crippen LogP contribution in [0.3, 0.4) is 0 Å². The molecule has 0 unspecified atom stereocenters. The summed E-state index contributed by atoms with van der Waals surface area (Å²) in [6.45, 7) is 3.84. The normalized spacial score (nSPS) is 11.8. The van der Waals surface area contributed by atoms with E-state index in [9.17, 15) is 9.90 Å². The van der Waals surface area contributed by atoms with Crippen LogP contribution in [0.25, 0.3) is 10.8 Å². The Balaban J connectivity index is 1.27. The van der Waals surface area contributed by atoms with E-state index in [4.69, 9.17) is 20.4 Å². The minimum Gasteiger partial charge on any atom is -0.505 e. The highest BCUT2D eigenvalue weighted by Crippen LogP contribution is 2.45. The van der Waals surface area contributed by atoms with E-state index < -0.39 is 5.97 Å². The first kappa shape index (κ1) is 38.9. The van der Waals surface area contributed by atoms with Crippen LogP contribution in [0.15, 0.2) is 125 Å². The minimum atomic E-state index is -0.952. The van der Waals surface area contributed by atoms with Gasteiger partial charge in [0.1, 0.15) is 12.4 Å². The lowest BCUT2D eigenvalue weighted by molar-refractivity contribution is -0.432. The fourth-order valence-electron chi connectivity index (χ4n) is 4.58. The van der Waals surface area contributed by atoms with E-state index in [0.717, 1.165) is 23.2 Å². The van der Waals surface area contributed by atoms with Crippen LogP contribution in [0.5, 0.6) is 5.75 Å². The number of aryl methyl sites for hydroxylation is 2. The number of azo groups is 3. The van der Waals surface area contributed by atoms with Gasteiger partial charge in [0.2, 0.25) is 0 Å². The molecule has 0 heterocycles. The second kappa shape index (κ2) is 19.5. The fraction of sp³-hybridized carbons (Fsp3) is 0.147. The van der Waals surface area contributed by atoms with Crippen LogP contribution in [0.4, 0.5) is 39.8 Å². The third-order valence-corrected chi connectivity index (χ3v) is 8.43. The monoisotopic (exact) mass is 761 g/mol. The van der Waals surface area contributed by atoms with E-state index in [1.165, 1.54) is 0 Å². The third-order valence-electron chi connectivity index (χ3n) is 7.22. The summed E-state index contributed by atoms with van der Waals surface area (Å²) in [4.78, 5) is 11.7. The SMILES string of the molecule is Cc1cc(N=Nc2c(SOOO)cc3cc(NCOCCC(=O)O)ccc3c2O)c(C)cc1N=Nc1ccc(N=Nc2ccc(SOOO)cc2)cc1. The van der Waals surface area contributed by atoms with Crippen LogP contribution in [0, 0.1) is 13.8 Å². The fourth-order valence-corrected chi connectivity index (χ4v) is 5.43. The van der Waals surface area contributed by atoms with Gasteiger partial charge in [0.05, 0.1) is 70.4 Å². The number of nitrogens with one attached hydrogen (secondary N) is 1. The molecule has 0 aliphatic heterocycles. The van der Waals surface area contributed by atoms with Crippen LogP contribution in [-0.4, -0.2) is 40.0 Å². The second-order valence-corrected chi connectivity index (χ2v) is 12.4. The lowest BCUT2D eigenvalue weighted by Crippen LogP contribution is -2.09. The highest BCUT2D eigenvalue weighted by atomic mass is 32.2. The zero-order valence-corrected chi connectivity index (χ0v) is 29.6. The number of aliphatic carboxylic acids is 1. The summed E-state index contributed by atoms with van der Waals surface area (Å²) in [6, 6.07) is 24.5. The molecule has 17 nitrogen and oxygen atoms in total. The molecule has 5 aromatic carbocycles. The first-order valence-electron chi connectivity index (χ1n) is 15.4. The zero-order valence-electron chi connectivity index (χ0n) is 27.9. The standard InChI is InChI=1S/C34H31N7O10S2/c1-20-16-30(21(2)15-29(20)39-38-24-5-3-23(4-6-24)36-37-25-7-10-27(11-8-25)52-50-48-45)40-41-33-31(53-51-49-46)18-22-17-26(9-12-28(22)34(33)44)35-19-47-14-13-32(42)43/h3-12,15-18,35,44-46H,13-14,19H2,1-2H3,(H,42,43).